The number of pyridine rings is 1. The van der Waals surface area contributed by atoms with Crippen molar-refractivity contribution in [3.63, 3.8) is 0 Å². The van der Waals surface area contributed by atoms with Crippen LogP contribution >= 0.6 is 0 Å². The number of amides is 2. The SMILES string of the molecule is Cc1[nH]c2c(-c3ccc(F)cc3OCC3CC3)ccnc2c1C(=O)NC1CCC(NC(=O)CO)CC1. The average Bonchev–Trinajstić information content (AvgIpc) is 3.63. The monoisotopic (exact) mass is 494 g/mol. The molecular formula is C27H31FN4O4. The molecule has 0 saturated heterocycles. The summed E-state index contributed by atoms with van der Waals surface area (Å²) in [4.78, 5) is 32.6. The molecule has 0 unspecified atom stereocenters. The van der Waals surface area contributed by atoms with Crippen LogP contribution in [0.1, 0.15) is 54.6 Å². The molecule has 2 aromatic heterocycles. The van der Waals surface area contributed by atoms with Gasteiger partial charge in [0.05, 0.1) is 17.7 Å². The molecule has 190 valence electrons. The first kappa shape index (κ1) is 24.2. The van der Waals surface area contributed by atoms with E-state index < -0.39 is 6.61 Å². The van der Waals surface area contributed by atoms with Gasteiger partial charge in [-0.05, 0) is 69.6 Å². The Kier molecular flexibility index (Phi) is 6.91. The molecule has 4 N–H and O–H groups in total. The molecule has 2 aliphatic rings. The van der Waals surface area contributed by atoms with Crippen molar-refractivity contribution in [2.24, 2.45) is 5.92 Å². The van der Waals surface area contributed by atoms with Gasteiger partial charge in [-0.3, -0.25) is 14.6 Å². The largest absolute Gasteiger partial charge is 0.493 e. The van der Waals surface area contributed by atoms with Gasteiger partial charge in [-0.1, -0.05) is 0 Å². The molecular weight excluding hydrogens is 463 g/mol. The zero-order valence-corrected chi connectivity index (χ0v) is 20.3. The van der Waals surface area contributed by atoms with Crippen LogP contribution in [0, 0.1) is 18.7 Å². The molecule has 0 bridgehead atoms. The number of benzene rings is 1. The lowest BCUT2D eigenvalue weighted by Gasteiger charge is -2.29. The number of halogens is 1. The predicted molar refractivity (Wildman–Crippen MR) is 133 cm³/mol. The Hall–Kier alpha value is -3.46. The van der Waals surface area contributed by atoms with Gasteiger partial charge in [0, 0.05) is 41.2 Å². The highest BCUT2D eigenvalue weighted by Crippen LogP contribution is 2.38. The van der Waals surface area contributed by atoms with E-state index in [4.69, 9.17) is 9.84 Å². The van der Waals surface area contributed by atoms with E-state index in [1.807, 2.05) is 13.0 Å². The van der Waals surface area contributed by atoms with Gasteiger partial charge < -0.3 is 25.5 Å². The van der Waals surface area contributed by atoms with E-state index in [0.717, 1.165) is 49.7 Å². The highest BCUT2D eigenvalue weighted by molar-refractivity contribution is 6.09. The molecule has 0 atom stereocenters. The van der Waals surface area contributed by atoms with Crippen molar-refractivity contribution in [2.75, 3.05) is 13.2 Å². The van der Waals surface area contributed by atoms with E-state index in [1.165, 1.54) is 12.1 Å². The highest BCUT2D eigenvalue weighted by Gasteiger charge is 2.27. The summed E-state index contributed by atoms with van der Waals surface area (Å²) in [6.07, 6.45) is 6.87. The van der Waals surface area contributed by atoms with E-state index >= 15 is 0 Å². The van der Waals surface area contributed by atoms with Crippen LogP contribution in [0.4, 0.5) is 4.39 Å². The number of hydrogen-bond donors (Lipinski definition) is 4. The number of H-pyrrole nitrogens is 1. The van der Waals surface area contributed by atoms with Gasteiger partial charge in [0.2, 0.25) is 5.91 Å². The summed E-state index contributed by atoms with van der Waals surface area (Å²) in [7, 11) is 0. The first-order valence-electron chi connectivity index (χ1n) is 12.5. The fourth-order valence-electron chi connectivity index (χ4n) is 4.95. The molecule has 0 aliphatic heterocycles. The zero-order valence-electron chi connectivity index (χ0n) is 20.3. The van der Waals surface area contributed by atoms with Crippen LogP contribution in [0.3, 0.4) is 0 Å². The number of aromatic nitrogens is 2. The number of ether oxygens (including phenoxy) is 1. The summed E-state index contributed by atoms with van der Waals surface area (Å²) in [5, 5.41) is 14.8. The van der Waals surface area contributed by atoms with Crippen LogP contribution in [-0.2, 0) is 4.79 Å². The van der Waals surface area contributed by atoms with Crippen LogP contribution in [0.2, 0.25) is 0 Å². The molecule has 3 aromatic rings. The molecule has 1 aromatic carbocycles. The number of nitrogens with zero attached hydrogens (tertiary/aromatic N) is 1. The smallest absolute Gasteiger partial charge is 0.255 e. The molecule has 2 fully saturated rings. The van der Waals surface area contributed by atoms with Crippen molar-refractivity contribution in [2.45, 2.75) is 57.5 Å². The second kappa shape index (κ2) is 10.3. The summed E-state index contributed by atoms with van der Waals surface area (Å²) >= 11 is 0. The molecule has 8 nitrogen and oxygen atoms in total. The number of nitrogens with one attached hydrogen (secondary N) is 3. The van der Waals surface area contributed by atoms with Gasteiger partial charge in [-0.25, -0.2) is 4.39 Å². The van der Waals surface area contributed by atoms with E-state index in [1.54, 1.807) is 12.3 Å². The normalized spacial score (nSPS) is 19.8. The lowest BCUT2D eigenvalue weighted by molar-refractivity contribution is -0.124. The molecule has 2 amide bonds. The first-order chi connectivity index (χ1) is 17.4. The topological polar surface area (TPSA) is 116 Å². The third-order valence-corrected chi connectivity index (χ3v) is 7.08. The quantitative estimate of drug-likeness (QED) is 0.382. The maximum Gasteiger partial charge on any atom is 0.255 e. The van der Waals surface area contributed by atoms with E-state index in [0.29, 0.717) is 40.6 Å². The number of carbonyl (C=O) groups excluding carboxylic acids is 2. The number of fused-ring (bicyclic) bond motifs is 1. The molecule has 2 heterocycles. The number of aliphatic hydroxyl groups is 1. The fourth-order valence-corrected chi connectivity index (χ4v) is 4.95. The molecule has 0 radical (unpaired) electrons. The van der Waals surface area contributed by atoms with Crippen molar-refractivity contribution in [3.05, 3.63) is 47.5 Å². The summed E-state index contributed by atoms with van der Waals surface area (Å²) in [5.74, 6) is 0.0835. The van der Waals surface area contributed by atoms with Crippen LogP contribution < -0.4 is 15.4 Å². The van der Waals surface area contributed by atoms with E-state index in [2.05, 4.69) is 20.6 Å². The lowest BCUT2D eigenvalue weighted by atomic mass is 9.91. The van der Waals surface area contributed by atoms with Crippen molar-refractivity contribution in [3.8, 4) is 16.9 Å². The number of carbonyl (C=O) groups is 2. The van der Waals surface area contributed by atoms with E-state index in [-0.39, 0.29) is 29.7 Å². The molecule has 2 aliphatic carbocycles. The molecule has 5 rings (SSSR count). The Morgan fingerprint density at radius 1 is 1.08 bits per heavy atom. The van der Waals surface area contributed by atoms with Gasteiger partial charge in [0.1, 0.15) is 23.7 Å². The van der Waals surface area contributed by atoms with Gasteiger partial charge in [0.15, 0.2) is 0 Å². The number of aryl methyl sites for hydroxylation is 1. The second-order valence-corrected chi connectivity index (χ2v) is 9.85. The minimum absolute atomic E-state index is 0.00756. The maximum atomic E-state index is 14.0. The molecule has 2 saturated carbocycles. The minimum Gasteiger partial charge on any atom is -0.493 e. The van der Waals surface area contributed by atoms with Crippen LogP contribution in [-0.4, -0.2) is 52.2 Å². The minimum atomic E-state index is -0.516. The zero-order chi connectivity index (χ0) is 25.2. The Balaban J connectivity index is 1.36. The highest BCUT2D eigenvalue weighted by atomic mass is 19.1. The van der Waals surface area contributed by atoms with Crippen molar-refractivity contribution in [1.82, 2.24) is 20.6 Å². The van der Waals surface area contributed by atoms with Crippen molar-refractivity contribution >= 4 is 22.8 Å². The van der Waals surface area contributed by atoms with Crippen LogP contribution in [0.5, 0.6) is 5.75 Å². The number of aromatic amines is 1. The summed E-state index contributed by atoms with van der Waals surface area (Å²) in [6.45, 7) is 1.89. The summed E-state index contributed by atoms with van der Waals surface area (Å²) in [5.41, 5.74) is 4.01. The molecule has 9 heteroatoms. The second-order valence-electron chi connectivity index (χ2n) is 9.85. The van der Waals surface area contributed by atoms with Crippen molar-refractivity contribution < 1.29 is 23.8 Å². The summed E-state index contributed by atoms with van der Waals surface area (Å²) < 4.78 is 20.0. The number of rotatable bonds is 8. The van der Waals surface area contributed by atoms with Gasteiger partial charge >= 0.3 is 0 Å². The maximum absolute atomic E-state index is 14.0. The first-order valence-corrected chi connectivity index (χ1v) is 12.5. The van der Waals surface area contributed by atoms with Crippen LogP contribution in [0.25, 0.3) is 22.2 Å². The Morgan fingerprint density at radius 2 is 1.81 bits per heavy atom. The summed E-state index contributed by atoms with van der Waals surface area (Å²) in [6, 6.07) is 6.38. The predicted octanol–water partition coefficient (Wildman–Crippen LogP) is 3.62. The Bertz CT molecular complexity index is 1280. The van der Waals surface area contributed by atoms with Crippen molar-refractivity contribution in [1.29, 1.82) is 0 Å². The molecule has 36 heavy (non-hydrogen) atoms. The van der Waals surface area contributed by atoms with Gasteiger partial charge in [-0.15, -0.1) is 0 Å². The Morgan fingerprint density at radius 3 is 2.50 bits per heavy atom. The average molecular weight is 495 g/mol. The Labute approximate surface area is 208 Å². The lowest BCUT2D eigenvalue weighted by Crippen LogP contribution is -2.44. The molecule has 0 spiro atoms. The van der Waals surface area contributed by atoms with Crippen LogP contribution in [0.15, 0.2) is 30.5 Å². The van der Waals surface area contributed by atoms with Gasteiger partial charge in [-0.2, -0.15) is 0 Å². The number of hydrogen-bond acceptors (Lipinski definition) is 5. The third-order valence-electron chi connectivity index (χ3n) is 7.08. The van der Waals surface area contributed by atoms with Gasteiger partial charge in [0.25, 0.3) is 5.91 Å². The third kappa shape index (κ3) is 5.21. The standard InChI is InChI=1S/C27H31FN4O4/c1-15-24(27(35)32-19-7-5-18(6-8-19)31-23(34)13-33)26-25(30-15)21(10-11-29-26)20-9-4-17(28)12-22(20)36-14-16-2-3-16/h4,9-12,16,18-19,30,33H,2-3,5-8,13-14H2,1H3,(H,31,34)(H,32,35). The number of aliphatic hydroxyl groups excluding tert-OH is 1. The van der Waals surface area contributed by atoms with E-state index in [9.17, 15) is 14.0 Å². The fraction of sp³-hybridized carbons (Fsp3) is 0.444.